The number of aromatic nitrogens is 1. The van der Waals surface area contributed by atoms with Crippen LogP contribution in [-0.2, 0) is 11.3 Å². The minimum absolute atomic E-state index is 0.0248. The van der Waals surface area contributed by atoms with Gasteiger partial charge in [-0.25, -0.2) is 0 Å². The number of likely N-dealkylation sites (tertiary alicyclic amines) is 1. The number of hydrogen-bond acceptors (Lipinski definition) is 4. The van der Waals surface area contributed by atoms with Gasteiger partial charge in [0.15, 0.2) is 11.5 Å². The predicted molar refractivity (Wildman–Crippen MR) is 74.3 cm³/mol. The van der Waals surface area contributed by atoms with Gasteiger partial charge in [0, 0.05) is 31.1 Å². The van der Waals surface area contributed by atoms with Crippen LogP contribution in [0.25, 0.3) is 0 Å². The SMILES string of the molecule is COCc1cc(C(=O)N2CCCC2CCCBr)no1. The molecule has 1 amide bonds. The Morgan fingerprint density at radius 2 is 2.53 bits per heavy atom. The minimum Gasteiger partial charge on any atom is -0.377 e. The van der Waals surface area contributed by atoms with Crippen LogP contribution in [0.5, 0.6) is 0 Å². The maximum absolute atomic E-state index is 12.4. The Hall–Kier alpha value is -0.880. The maximum atomic E-state index is 12.4. The van der Waals surface area contributed by atoms with Crippen LogP contribution >= 0.6 is 15.9 Å². The van der Waals surface area contributed by atoms with E-state index in [0.717, 1.165) is 37.6 Å². The molecule has 2 rings (SSSR count). The number of methoxy groups -OCH3 is 1. The van der Waals surface area contributed by atoms with Gasteiger partial charge in [0.2, 0.25) is 0 Å². The van der Waals surface area contributed by atoms with Gasteiger partial charge in [-0.2, -0.15) is 0 Å². The topological polar surface area (TPSA) is 55.6 Å². The summed E-state index contributed by atoms with van der Waals surface area (Å²) >= 11 is 3.43. The zero-order chi connectivity index (χ0) is 13.7. The molecule has 106 valence electrons. The highest BCUT2D eigenvalue weighted by atomic mass is 79.9. The molecular formula is C13H19BrN2O3. The van der Waals surface area contributed by atoms with Crippen LogP contribution in [-0.4, -0.2) is 41.0 Å². The summed E-state index contributed by atoms with van der Waals surface area (Å²) in [5.41, 5.74) is 0.387. The first-order valence-electron chi connectivity index (χ1n) is 6.57. The number of rotatable bonds is 6. The van der Waals surface area contributed by atoms with Crippen molar-refractivity contribution in [1.29, 1.82) is 0 Å². The van der Waals surface area contributed by atoms with Gasteiger partial charge in [-0.15, -0.1) is 0 Å². The summed E-state index contributed by atoms with van der Waals surface area (Å²) in [5.74, 6) is 0.560. The summed E-state index contributed by atoms with van der Waals surface area (Å²) in [4.78, 5) is 14.3. The van der Waals surface area contributed by atoms with Gasteiger partial charge in [-0.3, -0.25) is 4.79 Å². The maximum Gasteiger partial charge on any atom is 0.276 e. The Labute approximate surface area is 121 Å². The molecule has 6 heteroatoms. The van der Waals surface area contributed by atoms with Crippen LogP contribution in [0, 0.1) is 0 Å². The third-order valence-corrected chi connectivity index (χ3v) is 3.93. The molecule has 1 aromatic heterocycles. The lowest BCUT2D eigenvalue weighted by Crippen LogP contribution is -2.35. The predicted octanol–water partition coefficient (Wildman–Crippen LogP) is 2.60. The summed E-state index contributed by atoms with van der Waals surface area (Å²) in [6.07, 6.45) is 4.28. The lowest BCUT2D eigenvalue weighted by atomic mass is 10.1. The smallest absolute Gasteiger partial charge is 0.276 e. The molecule has 0 radical (unpaired) electrons. The van der Waals surface area contributed by atoms with E-state index in [9.17, 15) is 4.79 Å². The number of carbonyl (C=O) groups excluding carboxylic acids is 1. The fraction of sp³-hybridized carbons (Fsp3) is 0.692. The molecule has 5 nitrogen and oxygen atoms in total. The second kappa shape index (κ2) is 7.05. The van der Waals surface area contributed by atoms with E-state index < -0.39 is 0 Å². The Morgan fingerprint density at radius 1 is 1.68 bits per heavy atom. The molecular weight excluding hydrogens is 312 g/mol. The summed E-state index contributed by atoms with van der Waals surface area (Å²) in [6, 6.07) is 2.01. The van der Waals surface area contributed by atoms with Crippen LogP contribution in [0.2, 0.25) is 0 Å². The molecule has 1 fully saturated rings. The number of nitrogens with zero attached hydrogens (tertiary/aromatic N) is 2. The van der Waals surface area contributed by atoms with E-state index in [2.05, 4.69) is 21.1 Å². The second-order valence-electron chi connectivity index (χ2n) is 4.74. The molecule has 1 aliphatic rings. The van der Waals surface area contributed by atoms with Gasteiger partial charge >= 0.3 is 0 Å². The third-order valence-electron chi connectivity index (χ3n) is 3.37. The molecule has 1 saturated heterocycles. The highest BCUT2D eigenvalue weighted by molar-refractivity contribution is 9.09. The average Bonchev–Trinajstić information content (AvgIpc) is 3.04. The second-order valence-corrected chi connectivity index (χ2v) is 5.53. The van der Waals surface area contributed by atoms with E-state index in [4.69, 9.17) is 9.26 Å². The molecule has 0 aromatic carbocycles. The van der Waals surface area contributed by atoms with Crippen molar-refractivity contribution in [2.24, 2.45) is 0 Å². The summed E-state index contributed by atoms with van der Waals surface area (Å²) in [5, 5.41) is 4.82. The van der Waals surface area contributed by atoms with Gasteiger partial charge in [-0.05, 0) is 25.7 Å². The number of hydrogen-bond donors (Lipinski definition) is 0. The monoisotopic (exact) mass is 330 g/mol. The summed E-state index contributed by atoms with van der Waals surface area (Å²) in [7, 11) is 1.58. The molecule has 1 aromatic rings. The van der Waals surface area contributed by atoms with Crippen molar-refractivity contribution in [2.45, 2.75) is 38.3 Å². The quantitative estimate of drug-likeness (QED) is 0.752. The Kier molecular flexibility index (Phi) is 5.39. The van der Waals surface area contributed by atoms with Crippen molar-refractivity contribution < 1.29 is 14.1 Å². The van der Waals surface area contributed by atoms with Crippen molar-refractivity contribution in [3.8, 4) is 0 Å². The molecule has 1 aliphatic heterocycles. The molecule has 0 spiro atoms. The van der Waals surface area contributed by atoms with Crippen LogP contribution in [0.1, 0.15) is 41.9 Å². The van der Waals surface area contributed by atoms with E-state index in [0.29, 0.717) is 24.1 Å². The first-order chi connectivity index (χ1) is 9.26. The lowest BCUT2D eigenvalue weighted by molar-refractivity contribution is 0.0719. The van der Waals surface area contributed by atoms with E-state index >= 15 is 0 Å². The fourth-order valence-electron chi connectivity index (χ4n) is 2.49. The number of amides is 1. The van der Waals surface area contributed by atoms with Crippen molar-refractivity contribution in [3.63, 3.8) is 0 Å². The van der Waals surface area contributed by atoms with E-state index in [1.165, 1.54) is 0 Å². The standard InChI is InChI=1S/C13H19BrN2O3/c1-18-9-11-8-12(15-19-11)13(17)16-7-3-5-10(16)4-2-6-14/h8,10H,2-7,9H2,1H3. The molecule has 1 atom stereocenters. The van der Waals surface area contributed by atoms with E-state index in [1.807, 2.05) is 4.90 Å². The van der Waals surface area contributed by atoms with Gasteiger partial charge in [0.1, 0.15) is 6.61 Å². The highest BCUT2D eigenvalue weighted by Gasteiger charge is 2.30. The largest absolute Gasteiger partial charge is 0.377 e. The van der Waals surface area contributed by atoms with Crippen molar-refractivity contribution >= 4 is 21.8 Å². The third kappa shape index (κ3) is 3.57. The van der Waals surface area contributed by atoms with Crippen molar-refractivity contribution in [2.75, 3.05) is 19.0 Å². The first-order valence-corrected chi connectivity index (χ1v) is 7.70. The molecule has 0 aliphatic carbocycles. The van der Waals surface area contributed by atoms with Crippen LogP contribution < -0.4 is 0 Å². The van der Waals surface area contributed by atoms with Crippen LogP contribution in [0.4, 0.5) is 0 Å². The van der Waals surface area contributed by atoms with Crippen molar-refractivity contribution in [1.82, 2.24) is 10.1 Å². The molecule has 2 heterocycles. The highest BCUT2D eigenvalue weighted by Crippen LogP contribution is 2.23. The van der Waals surface area contributed by atoms with Gasteiger partial charge in [0.05, 0.1) is 0 Å². The molecule has 0 saturated carbocycles. The number of halogens is 1. The minimum atomic E-state index is -0.0248. The Morgan fingerprint density at radius 3 is 3.26 bits per heavy atom. The molecule has 0 bridgehead atoms. The Bertz CT molecular complexity index is 422. The van der Waals surface area contributed by atoms with Gasteiger partial charge in [0.25, 0.3) is 5.91 Å². The summed E-state index contributed by atoms with van der Waals surface area (Å²) < 4.78 is 10.0. The fourth-order valence-corrected chi connectivity index (χ4v) is 2.81. The van der Waals surface area contributed by atoms with Crippen LogP contribution in [0.3, 0.4) is 0 Å². The van der Waals surface area contributed by atoms with Gasteiger partial charge < -0.3 is 14.2 Å². The number of carbonyl (C=O) groups is 1. The number of alkyl halides is 1. The van der Waals surface area contributed by atoms with E-state index in [-0.39, 0.29) is 5.91 Å². The molecule has 1 unspecified atom stereocenters. The first kappa shape index (κ1) is 14.5. The zero-order valence-corrected chi connectivity index (χ0v) is 12.7. The van der Waals surface area contributed by atoms with Crippen LogP contribution in [0.15, 0.2) is 10.6 Å². The molecule has 0 N–H and O–H groups in total. The normalized spacial score (nSPS) is 19.1. The zero-order valence-electron chi connectivity index (χ0n) is 11.1. The Balaban J connectivity index is 2.00. The van der Waals surface area contributed by atoms with Gasteiger partial charge in [-0.1, -0.05) is 21.1 Å². The van der Waals surface area contributed by atoms with Crippen molar-refractivity contribution in [3.05, 3.63) is 17.5 Å². The summed E-state index contributed by atoms with van der Waals surface area (Å²) in [6.45, 7) is 1.16. The lowest BCUT2D eigenvalue weighted by Gasteiger charge is -2.23. The average molecular weight is 331 g/mol. The number of ether oxygens (including phenoxy) is 1. The van der Waals surface area contributed by atoms with E-state index in [1.54, 1.807) is 13.2 Å². The molecule has 19 heavy (non-hydrogen) atoms.